The molecule has 0 aliphatic heterocycles. The number of hydrogen-bond donors (Lipinski definition) is 1. The lowest BCUT2D eigenvalue weighted by Crippen LogP contribution is -2.05. The van der Waals surface area contributed by atoms with E-state index in [4.69, 9.17) is 10.7 Å². The van der Waals surface area contributed by atoms with Crippen LogP contribution in [-0.2, 0) is 13.0 Å². The van der Waals surface area contributed by atoms with E-state index < -0.39 is 0 Å². The molecule has 2 N–H and O–H groups in total. The average Bonchev–Trinajstić information content (AvgIpc) is 2.96. The van der Waals surface area contributed by atoms with Gasteiger partial charge in [-0.1, -0.05) is 19.1 Å². The summed E-state index contributed by atoms with van der Waals surface area (Å²) in [6.07, 6.45) is 1.70. The van der Waals surface area contributed by atoms with E-state index in [2.05, 4.69) is 26.3 Å². The highest BCUT2D eigenvalue weighted by Crippen LogP contribution is 2.20. The molecule has 1 aromatic carbocycles. The Bertz CT molecular complexity index is 700. The van der Waals surface area contributed by atoms with E-state index in [0.29, 0.717) is 12.2 Å². The molecule has 0 bridgehead atoms. The molecule has 3 rings (SSSR count). The zero-order valence-electron chi connectivity index (χ0n) is 10.7. The number of benzene rings is 1. The van der Waals surface area contributed by atoms with Crippen LogP contribution in [-0.4, -0.2) is 18.3 Å². The molecule has 2 aromatic heterocycles. The zero-order valence-corrected chi connectivity index (χ0v) is 11.5. The number of imidazole rings is 1. The number of nitrogens with zero attached hydrogens (tertiary/aromatic N) is 4. The largest absolute Gasteiger partial charge is 0.381 e. The molecular weight excluding hydrogens is 258 g/mol. The Balaban J connectivity index is 2.07. The number of nitrogens with two attached hydrogens (primary N) is 1. The molecule has 3 aromatic rings. The normalized spacial score (nSPS) is 11.2. The summed E-state index contributed by atoms with van der Waals surface area (Å²) in [5.74, 6) is 1.52. The Morgan fingerprint density at radius 1 is 1.26 bits per heavy atom. The van der Waals surface area contributed by atoms with E-state index >= 15 is 0 Å². The van der Waals surface area contributed by atoms with Gasteiger partial charge in [-0.05, 0) is 18.6 Å². The van der Waals surface area contributed by atoms with Crippen molar-refractivity contribution in [1.29, 1.82) is 0 Å². The fourth-order valence-electron chi connectivity index (χ4n) is 2.22. The summed E-state index contributed by atoms with van der Waals surface area (Å²) >= 11 is 1.15. The smallest absolute Gasteiger partial charge is 0.161 e. The first-order valence-electron chi connectivity index (χ1n) is 6.30. The zero-order chi connectivity index (χ0) is 13.2. The minimum atomic E-state index is 0.514. The average molecular weight is 273 g/mol. The molecule has 0 unspecified atom stereocenters. The van der Waals surface area contributed by atoms with Crippen molar-refractivity contribution in [3.05, 3.63) is 35.8 Å². The van der Waals surface area contributed by atoms with Gasteiger partial charge < -0.3 is 10.3 Å². The Labute approximate surface area is 115 Å². The summed E-state index contributed by atoms with van der Waals surface area (Å²) in [4.78, 5) is 4.69. The van der Waals surface area contributed by atoms with Crippen molar-refractivity contribution in [2.75, 3.05) is 5.73 Å². The Morgan fingerprint density at radius 3 is 2.84 bits per heavy atom. The van der Waals surface area contributed by atoms with E-state index in [9.17, 15) is 0 Å². The van der Waals surface area contributed by atoms with Crippen LogP contribution in [0.2, 0.25) is 0 Å². The van der Waals surface area contributed by atoms with Crippen molar-refractivity contribution in [2.45, 2.75) is 26.3 Å². The monoisotopic (exact) mass is 273 g/mol. The maximum absolute atomic E-state index is 5.81. The molecule has 0 saturated carbocycles. The van der Waals surface area contributed by atoms with E-state index in [1.807, 2.05) is 18.2 Å². The number of aryl methyl sites for hydroxylation is 1. The van der Waals surface area contributed by atoms with Gasteiger partial charge in [-0.3, -0.25) is 0 Å². The first-order chi connectivity index (χ1) is 9.29. The van der Waals surface area contributed by atoms with E-state index in [-0.39, 0.29) is 0 Å². The van der Waals surface area contributed by atoms with Gasteiger partial charge in [-0.25, -0.2) is 4.98 Å². The summed E-state index contributed by atoms with van der Waals surface area (Å²) in [6.45, 7) is 3.12. The van der Waals surface area contributed by atoms with Crippen LogP contribution < -0.4 is 5.73 Å². The molecule has 0 aliphatic carbocycles. The van der Waals surface area contributed by atoms with Gasteiger partial charge in [0, 0.05) is 6.54 Å². The third-order valence-corrected chi connectivity index (χ3v) is 3.67. The van der Waals surface area contributed by atoms with Crippen LogP contribution in [0.1, 0.15) is 24.9 Å². The number of anilines is 1. The van der Waals surface area contributed by atoms with Gasteiger partial charge in [-0.2, -0.15) is 8.75 Å². The van der Waals surface area contributed by atoms with Crippen molar-refractivity contribution in [2.24, 2.45) is 0 Å². The quantitative estimate of drug-likeness (QED) is 0.792. The van der Waals surface area contributed by atoms with Crippen molar-refractivity contribution in [1.82, 2.24) is 18.3 Å². The molecule has 0 spiro atoms. The summed E-state index contributed by atoms with van der Waals surface area (Å²) in [6, 6.07) is 8.19. The fourth-order valence-corrected chi connectivity index (χ4v) is 2.71. The number of nitrogen functional groups attached to an aromatic ring is 1. The summed E-state index contributed by atoms with van der Waals surface area (Å²) in [5.41, 5.74) is 8.81. The highest BCUT2D eigenvalue weighted by molar-refractivity contribution is 6.99. The predicted molar refractivity (Wildman–Crippen MR) is 77.2 cm³/mol. The molecule has 98 valence electrons. The van der Waals surface area contributed by atoms with Gasteiger partial charge in [-0.15, -0.1) is 0 Å². The molecule has 0 fully saturated rings. The molecule has 19 heavy (non-hydrogen) atoms. The van der Waals surface area contributed by atoms with Gasteiger partial charge in [0.05, 0.1) is 29.2 Å². The lowest BCUT2D eigenvalue weighted by atomic mass is 10.3. The topological polar surface area (TPSA) is 69.6 Å². The minimum Gasteiger partial charge on any atom is -0.381 e. The van der Waals surface area contributed by atoms with E-state index in [1.54, 1.807) is 0 Å². The molecule has 0 atom stereocenters. The highest BCUT2D eigenvalue weighted by Gasteiger charge is 2.13. The Morgan fingerprint density at radius 2 is 2.11 bits per heavy atom. The van der Waals surface area contributed by atoms with Crippen LogP contribution in [0, 0.1) is 0 Å². The maximum atomic E-state index is 5.81. The second kappa shape index (κ2) is 4.97. The number of aromatic nitrogens is 4. The highest BCUT2D eigenvalue weighted by atomic mass is 32.1. The summed E-state index contributed by atoms with van der Waals surface area (Å²) in [7, 11) is 0. The lowest BCUT2D eigenvalue weighted by molar-refractivity contribution is 0.663. The molecule has 0 radical (unpaired) electrons. The third-order valence-electron chi connectivity index (χ3n) is 3.09. The number of para-hydroxylation sites is 2. The number of hydrogen-bond acceptors (Lipinski definition) is 5. The lowest BCUT2D eigenvalue weighted by Gasteiger charge is -2.06. The van der Waals surface area contributed by atoms with Crippen LogP contribution >= 0.6 is 11.7 Å². The standard InChI is InChI=1S/C13H15N5S/c1-2-7-18-11-6-4-3-5-9(11)15-12(18)8-10-13(14)17-19-16-10/h3-6H,2,7-8H2,1H3,(H2,14,17). The van der Waals surface area contributed by atoms with E-state index in [1.165, 1.54) is 5.52 Å². The molecule has 0 amide bonds. The third kappa shape index (κ3) is 2.19. The first-order valence-corrected chi connectivity index (χ1v) is 7.03. The van der Waals surface area contributed by atoms with Gasteiger partial charge in [0.2, 0.25) is 0 Å². The van der Waals surface area contributed by atoms with Gasteiger partial charge in [0.15, 0.2) is 5.82 Å². The molecular formula is C13H15N5S. The predicted octanol–water partition coefficient (Wildman–Crippen LogP) is 2.47. The number of fused-ring (bicyclic) bond motifs is 1. The maximum Gasteiger partial charge on any atom is 0.161 e. The second-order valence-electron chi connectivity index (χ2n) is 4.44. The van der Waals surface area contributed by atoms with Crippen LogP contribution in [0.4, 0.5) is 5.82 Å². The van der Waals surface area contributed by atoms with Crippen molar-refractivity contribution in [3.63, 3.8) is 0 Å². The minimum absolute atomic E-state index is 0.514. The van der Waals surface area contributed by atoms with Crippen molar-refractivity contribution >= 4 is 28.6 Å². The molecule has 5 nitrogen and oxygen atoms in total. The molecule has 6 heteroatoms. The fraction of sp³-hybridized carbons (Fsp3) is 0.308. The molecule has 2 heterocycles. The molecule has 0 saturated heterocycles. The van der Waals surface area contributed by atoms with Crippen LogP contribution in [0.3, 0.4) is 0 Å². The Kier molecular flexibility index (Phi) is 3.16. The Hall–Kier alpha value is -1.95. The SMILES string of the molecule is CCCn1c(Cc2nsnc2N)nc2ccccc21. The second-order valence-corrected chi connectivity index (χ2v) is 4.97. The number of rotatable bonds is 4. The first kappa shape index (κ1) is 12.1. The molecule has 0 aliphatic rings. The van der Waals surface area contributed by atoms with Crippen LogP contribution in [0.15, 0.2) is 24.3 Å². The van der Waals surface area contributed by atoms with Crippen molar-refractivity contribution in [3.8, 4) is 0 Å². The van der Waals surface area contributed by atoms with Gasteiger partial charge in [0.25, 0.3) is 0 Å². The van der Waals surface area contributed by atoms with E-state index in [0.717, 1.165) is 41.7 Å². The van der Waals surface area contributed by atoms with Crippen molar-refractivity contribution < 1.29 is 0 Å². The van der Waals surface area contributed by atoms with Gasteiger partial charge in [0.1, 0.15) is 11.5 Å². The van der Waals surface area contributed by atoms with Crippen LogP contribution in [0.5, 0.6) is 0 Å². The summed E-state index contributed by atoms with van der Waals surface area (Å²) < 4.78 is 10.5. The van der Waals surface area contributed by atoms with Crippen LogP contribution in [0.25, 0.3) is 11.0 Å². The van der Waals surface area contributed by atoms with Gasteiger partial charge >= 0.3 is 0 Å². The summed E-state index contributed by atoms with van der Waals surface area (Å²) in [5, 5.41) is 0.